The summed E-state index contributed by atoms with van der Waals surface area (Å²) in [5.74, 6) is -1.45. The number of nitrogens with zero attached hydrogens (tertiary/aromatic N) is 2. The molecule has 10 heteroatoms. The van der Waals surface area contributed by atoms with Crippen molar-refractivity contribution in [2.45, 2.75) is 20.3 Å². The number of hydrogen-bond acceptors (Lipinski definition) is 7. The van der Waals surface area contributed by atoms with Gasteiger partial charge in [-0.2, -0.15) is 0 Å². The summed E-state index contributed by atoms with van der Waals surface area (Å²) in [6.45, 7) is 3.85. The van der Waals surface area contributed by atoms with Gasteiger partial charge in [0.25, 0.3) is 0 Å². The zero-order valence-electron chi connectivity index (χ0n) is 17.3. The van der Waals surface area contributed by atoms with Crippen LogP contribution in [0.5, 0.6) is 0 Å². The van der Waals surface area contributed by atoms with E-state index in [4.69, 9.17) is 37.0 Å². The van der Waals surface area contributed by atoms with E-state index in [9.17, 15) is 9.59 Å². The summed E-state index contributed by atoms with van der Waals surface area (Å²) in [5, 5.41) is 11.7. The van der Waals surface area contributed by atoms with Gasteiger partial charge in [-0.1, -0.05) is 45.6 Å². The molecule has 2 aromatic heterocycles. The van der Waals surface area contributed by atoms with Gasteiger partial charge >= 0.3 is 5.97 Å². The molecule has 8 nitrogen and oxygen atoms in total. The summed E-state index contributed by atoms with van der Waals surface area (Å²) in [6.07, 6.45) is -0.112. The Bertz CT molecular complexity index is 1340. The molecule has 0 aliphatic rings. The van der Waals surface area contributed by atoms with Crippen molar-refractivity contribution < 1.29 is 23.4 Å². The number of esters is 1. The Balaban J connectivity index is 1.67. The molecule has 32 heavy (non-hydrogen) atoms. The first-order valence-corrected chi connectivity index (χ1v) is 10.2. The molecule has 1 amide bonds. The Kier molecular flexibility index (Phi) is 5.90. The highest BCUT2D eigenvalue weighted by Gasteiger charge is 2.29. The second kappa shape index (κ2) is 8.64. The second-order valence-electron chi connectivity index (χ2n) is 7.14. The topological polar surface area (TPSA) is 107 Å². The lowest BCUT2D eigenvalue weighted by Gasteiger charge is -2.06. The number of carbonyl (C=O) groups is 2. The molecule has 0 atom stereocenters. The van der Waals surface area contributed by atoms with E-state index in [1.165, 1.54) is 7.11 Å². The number of carbonyl (C=O) groups excluding carboxylic acids is 2. The standard InChI is InChI=1S/C22H17Cl2N3O5/c1-10-7-11(2)20-12(8-10)15(26-31-20)9-16(28)25-21-18(22(29)30-3)19(27-32-21)17-13(23)5-4-6-14(17)24/h4-8H,9H2,1-3H3,(H,25,28). The number of aryl methyl sites for hydroxylation is 2. The number of hydrogen-bond donors (Lipinski definition) is 1. The van der Waals surface area contributed by atoms with Crippen LogP contribution in [0.1, 0.15) is 27.2 Å². The van der Waals surface area contributed by atoms with E-state index in [0.29, 0.717) is 11.3 Å². The highest BCUT2D eigenvalue weighted by Crippen LogP contribution is 2.38. The van der Waals surface area contributed by atoms with Crippen molar-refractivity contribution in [3.63, 3.8) is 0 Å². The maximum Gasteiger partial charge on any atom is 0.345 e. The molecule has 0 aliphatic heterocycles. The van der Waals surface area contributed by atoms with Crippen LogP contribution in [0.3, 0.4) is 0 Å². The van der Waals surface area contributed by atoms with Crippen LogP contribution in [0.4, 0.5) is 5.88 Å². The third-order valence-corrected chi connectivity index (χ3v) is 5.47. The van der Waals surface area contributed by atoms with Crippen LogP contribution in [0.25, 0.3) is 22.2 Å². The van der Waals surface area contributed by atoms with Crippen molar-refractivity contribution in [1.82, 2.24) is 10.3 Å². The van der Waals surface area contributed by atoms with Crippen molar-refractivity contribution in [1.29, 1.82) is 0 Å². The summed E-state index contributed by atoms with van der Waals surface area (Å²) in [4.78, 5) is 25.2. The third-order valence-electron chi connectivity index (χ3n) is 4.84. The van der Waals surface area contributed by atoms with Gasteiger partial charge in [0.05, 0.1) is 23.6 Å². The minimum Gasteiger partial charge on any atom is -0.465 e. The molecular weight excluding hydrogens is 457 g/mol. The van der Waals surface area contributed by atoms with E-state index < -0.39 is 11.9 Å². The quantitative estimate of drug-likeness (QED) is 0.387. The van der Waals surface area contributed by atoms with Gasteiger partial charge in [0.2, 0.25) is 11.8 Å². The van der Waals surface area contributed by atoms with Crippen molar-refractivity contribution in [2.24, 2.45) is 0 Å². The van der Waals surface area contributed by atoms with Crippen LogP contribution >= 0.6 is 23.2 Å². The predicted molar refractivity (Wildman–Crippen MR) is 119 cm³/mol. The van der Waals surface area contributed by atoms with Gasteiger partial charge < -0.3 is 13.8 Å². The SMILES string of the molecule is COC(=O)c1c(-c2c(Cl)cccc2Cl)noc1NC(=O)Cc1noc2c(C)cc(C)cc12. The molecule has 2 aromatic carbocycles. The van der Waals surface area contributed by atoms with E-state index in [1.54, 1.807) is 18.2 Å². The lowest BCUT2D eigenvalue weighted by Crippen LogP contribution is -2.17. The Morgan fingerprint density at radius 2 is 1.81 bits per heavy atom. The molecule has 0 unspecified atom stereocenters. The minimum absolute atomic E-state index is 0.0564. The van der Waals surface area contributed by atoms with Crippen LogP contribution in [-0.2, 0) is 16.0 Å². The lowest BCUT2D eigenvalue weighted by atomic mass is 10.1. The molecule has 4 rings (SSSR count). The number of nitrogens with one attached hydrogen (secondary N) is 1. The smallest absolute Gasteiger partial charge is 0.345 e. The van der Waals surface area contributed by atoms with Crippen LogP contribution in [-0.4, -0.2) is 29.3 Å². The first-order valence-electron chi connectivity index (χ1n) is 9.48. The predicted octanol–water partition coefficient (Wildman–Crippen LogP) is 5.37. The summed E-state index contributed by atoms with van der Waals surface area (Å²) in [5.41, 5.74) is 3.25. The van der Waals surface area contributed by atoms with Gasteiger partial charge in [0.15, 0.2) is 11.1 Å². The largest absolute Gasteiger partial charge is 0.465 e. The Morgan fingerprint density at radius 3 is 2.50 bits per heavy atom. The maximum absolute atomic E-state index is 12.8. The number of rotatable bonds is 5. The fourth-order valence-electron chi connectivity index (χ4n) is 3.45. The molecule has 4 aromatic rings. The number of fused-ring (bicyclic) bond motifs is 1. The molecule has 0 saturated heterocycles. The van der Waals surface area contributed by atoms with Gasteiger partial charge in [-0.05, 0) is 43.2 Å². The summed E-state index contributed by atoms with van der Waals surface area (Å²) in [7, 11) is 1.20. The zero-order chi connectivity index (χ0) is 23.0. The second-order valence-corrected chi connectivity index (χ2v) is 7.95. The van der Waals surface area contributed by atoms with Crippen LogP contribution < -0.4 is 5.32 Å². The van der Waals surface area contributed by atoms with E-state index in [1.807, 2.05) is 26.0 Å². The van der Waals surface area contributed by atoms with Crippen molar-refractivity contribution in [3.05, 3.63) is 62.8 Å². The summed E-state index contributed by atoms with van der Waals surface area (Å²) < 4.78 is 15.5. The number of anilines is 1. The molecule has 1 N–H and O–H groups in total. The van der Waals surface area contributed by atoms with Gasteiger partial charge in [-0.15, -0.1) is 0 Å². The fourth-order valence-corrected chi connectivity index (χ4v) is 4.03. The molecule has 2 heterocycles. The van der Waals surface area contributed by atoms with Gasteiger partial charge in [-0.25, -0.2) is 4.79 Å². The lowest BCUT2D eigenvalue weighted by molar-refractivity contribution is -0.115. The highest BCUT2D eigenvalue weighted by molar-refractivity contribution is 6.39. The highest BCUT2D eigenvalue weighted by atomic mass is 35.5. The van der Waals surface area contributed by atoms with Crippen molar-refractivity contribution >= 4 is 51.9 Å². The van der Waals surface area contributed by atoms with Gasteiger partial charge in [0.1, 0.15) is 11.4 Å². The van der Waals surface area contributed by atoms with Crippen LogP contribution in [0, 0.1) is 13.8 Å². The van der Waals surface area contributed by atoms with E-state index in [0.717, 1.165) is 16.5 Å². The summed E-state index contributed by atoms with van der Waals surface area (Å²) in [6, 6.07) is 8.70. The average Bonchev–Trinajstić information content (AvgIpc) is 3.32. The first kappa shape index (κ1) is 21.9. The molecule has 0 aliphatic carbocycles. The van der Waals surface area contributed by atoms with E-state index in [-0.39, 0.29) is 39.2 Å². The molecule has 164 valence electrons. The third kappa shape index (κ3) is 3.94. The summed E-state index contributed by atoms with van der Waals surface area (Å²) >= 11 is 12.5. The molecule has 0 bridgehead atoms. The number of halogens is 2. The van der Waals surface area contributed by atoms with Crippen molar-refractivity contribution in [3.8, 4) is 11.3 Å². The normalized spacial score (nSPS) is 11.0. The Hall–Kier alpha value is -3.36. The van der Waals surface area contributed by atoms with Crippen molar-refractivity contribution in [2.75, 3.05) is 12.4 Å². The fraction of sp³-hybridized carbons (Fsp3) is 0.182. The monoisotopic (exact) mass is 473 g/mol. The van der Waals surface area contributed by atoms with Gasteiger partial charge in [-0.3, -0.25) is 10.1 Å². The molecule has 0 spiro atoms. The zero-order valence-corrected chi connectivity index (χ0v) is 18.8. The minimum atomic E-state index is -0.773. The van der Waals surface area contributed by atoms with Crippen LogP contribution in [0.2, 0.25) is 10.0 Å². The molecule has 0 saturated carbocycles. The number of aromatic nitrogens is 2. The molecule has 0 fully saturated rings. The maximum atomic E-state index is 12.8. The number of amides is 1. The average molecular weight is 474 g/mol. The van der Waals surface area contributed by atoms with E-state index in [2.05, 4.69) is 15.6 Å². The Labute approximate surface area is 192 Å². The molecule has 0 radical (unpaired) electrons. The number of benzene rings is 2. The Morgan fingerprint density at radius 1 is 1.09 bits per heavy atom. The molecular formula is C22H17Cl2N3O5. The first-order chi connectivity index (χ1) is 15.3. The number of ether oxygens (including phenoxy) is 1. The van der Waals surface area contributed by atoms with Crippen LogP contribution in [0.15, 0.2) is 39.4 Å². The van der Waals surface area contributed by atoms with E-state index >= 15 is 0 Å². The number of methoxy groups -OCH3 is 1. The van der Waals surface area contributed by atoms with Gasteiger partial charge in [0, 0.05) is 10.9 Å².